The van der Waals surface area contributed by atoms with E-state index in [0.717, 1.165) is 10.9 Å². The molecule has 1 aromatic heterocycles. The van der Waals surface area contributed by atoms with Gasteiger partial charge in [0.25, 0.3) is 0 Å². The molecule has 0 aliphatic rings. The Morgan fingerprint density at radius 3 is 2.69 bits per heavy atom. The van der Waals surface area contributed by atoms with Gasteiger partial charge in [0.1, 0.15) is 0 Å². The van der Waals surface area contributed by atoms with E-state index in [1.165, 1.54) is 12.1 Å². The largest absolute Gasteiger partial charge is 0.478 e. The van der Waals surface area contributed by atoms with E-state index in [4.69, 9.17) is 5.11 Å². The number of halogens is 2. The average molecular weight is 227 g/mol. The van der Waals surface area contributed by atoms with E-state index in [-0.39, 0.29) is 5.56 Å². The summed E-state index contributed by atoms with van der Waals surface area (Å²) in [6.45, 7) is -3.00. The Bertz CT molecular complexity index is 536. The van der Waals surface area contributed by atoms with Crippen LogP contribution in [0, 0.1) is 0 Å². The number of hydrogen-bond acceptors (Lipinski definition) is 2. The van der Waals surface area contributed by atoms with E-state index in [1.807, 2.05) is 0 Å². The molecular formula is C10H7F2NO3. The first-order valence-electron chi connectivity index (χ1n) is 4.38. The number of hydrogen-bond donors (Lipinski definition) is 1. The van der Waals surface area contributed by atoms with Gasteiger partial charge in [-0.3, -0.25) is 0 Å². The van der Waals surface area contributed by atoms with Gasteiger partial charge in [0.15, 0.2) is 0 Å². The van der Waals surface area contributed by atoms with Gasteiger partial charge in [-0.05, 0) is 6.07 Å². The van der Waals surface area contributed by atoms with Crippen molar-refractivity contribution in [1.82, 2.24) is 4.73 Å². The van der Waals surface area contributed by atoms with Gasteiger partial charge in [0.05, 0.1) is 17.3 Å². The summed E-state index contributed by atoms with van der Waals surface area (Å²) in [5, 5.41) is 9.23. The molecule has 84 valence electrons. The highest BCUT2D eigenvalue weighted by Gasteiger charge is 2.16. The third-order valence-corrected chi connectivity index (χ3v) is 2.10. The predicted octanol–water partition coefficient (Wildman–Crippen LogP) is 1.99. The van der Waals surface area contributed by atoms with Gasteiger partial charge in [-0.1, -0.05) is 18.2 Å². The minimum absolute atomic E-state index is 0.0729. The van der Waals surface area contributed by atoms with E-state index in [2.05, 4.69) is 4.84 Å². The van der Waals surface area contributed by atoms with Crippen molar-refractivity contribution in [2.45, 2.75) is 6.61 Å². The number of fused-ring (bicyclic) bond motifs is 1. The molecule has 1 N–H and O–H groups in total. The molecule has 0 saturated heterocycles. The fourth-order valence-electron chi connectivity index (χ4n) is 1.49. The lowest BCUT2D eigenvalue weighted by Crippen LogP contribution is -2.15. The van der Waals surface area contributed by atoms with Crippen LogP contribution in [0.5, 0.6) is 0 Å². The predicted molar refractivity (Wildman–Crippen MR) is 51.5 cm³/mol. The average Bonchev–Trinajstić information content (AvgIpc) is 2.57. The minimum Gasteiger partial charge on any atom is -0.478 e. The second-order valence-electron chi connectivity index (χ2n) is 3.06. The first-order valence-corrected chi connectivity index (χ1v) is 4.38. The fourth-order valence-corrected chi connectivity index (χ4v) is 1.49. The molecule has 1 heterocycles. The van der Waals surface area contributed by atoms with Crippen molar-refractivity contribution in [3.8, 4) is 0 Å². The molecule has 16 heavy (non-hydrogen) atoms. The van der Waals surface area contributed by atoms with Gasteiger partial charge in [-0.25, -0.2) is 4.79 Å². The summed E-state index contributed by atoms with van der Waals surface area (Å²) in [6.07, 6.45) is 1.03. The Kier molecular flexibility index (Phi) is 2.47. The lowest BCUT2D eigenvalue weighted by molar-refractivity contribution is -0.128. The molecule has 0 bridgehead atoms. The molecule has 6 heteroatoms. The molecule has 0 spiro atoms. The molecule has 1 aromatic carbocycles. The van der Waals surface area contributed by atoms with Crippen molar-refractivity contribution in [2.75, 3.05) is 0 Å². The van der Waals surface area contributed by atoms with Crippen LogP contribution in [0.2, 0.25) is 0 Å². The van der Waals surface area contributed by atoms with Crippen molar-refractivity contribution in [3.63, 3.8) is 0 Å². The highest BCUT2D eigenvalue weighted by Crippen LogP contribution is 2.20. The van der Waals surface area contributed by atoms with Crippen molar-refractivity contribution in [2.24, 2.45) is 0 Å². The molecule has 0 saturated carbocycles. The van der Waals surface area contributed by atoms with Gasteiger partial charge in [0.2, 0.25) is 0 Å². The highest BCUT2D eigenvalue weighted by atomic mass is 19.3. The first kappa shape index (κ1) is 10.4. The van der Waals surface area contributed by atoms with E-state index in [9.17, 15) is 13.6 Å². The summed E-state index contributed by atoms with van der Waals surface area (Å²) >= 11 is 0. The molecule has 2 rings (SSSR count). The SMILES string of the molecule is O=C(O)c1cn(OC(F)F)c2ccccc12. The first-order chi connectivity index (χ1) is 7.59. The number of carbonyl (C=O) groups is 1. The third-order valence-electron chi connectivity index (χ3n) is 2.10. The van der Waals surface area contributed by atoms with Gasteiger partial charge < -0.3 is 9.94 Å². The molecule has 0 radical (unpaired) electrons. The van der Waals surface area contributed by atoms with Crippen LogP contribution < -0.4 is 4.84 Å². The normalized spacial score (nSPS) is 10.9. The highest BCUT2D eigenvalue weighted by molar-refractivity contribution is 6.03. The zero-order valence-corrected chi connectivity index (χ0v) is 7.93. The van der Waals surface area contributed by atoms with E-state index < -0.39 is 12.6 Å². The van der Waals surface area contributed by atoms with Gasteiger partial charge >= 0.3 is 12.6 Å². The number of para-hydroxylation sites is 1. The van der Waals surface area contributed by atoms with E-state index in [1.54, 1.807) is 12.1 Å². The van der Waals surface area contributed by atoms with Gasteiger partial charge in [-0.2, -0.15) is 13.5 Å². The van der Waals surface area contributed by atoms with E-state index >= 15 is 0 Å². The number of carboxylic acids is 1. The second-order valence-corrected chi connectivity index (χ2v) is 3.06. The zero-order chi connectivity index (χ0) is 11.7. The Morgan fingerprint density at radius 2 is 2.06 bits per heavy atom. The maximum absolute atomic E-state index is 12.1. The van der Waals surface area contributed by atoms with Gasteiger partial charge in [0, 0.05) is 5.39 Å². The lowest BCUT2D eigenvalue weighted by Gasteiger charge is -2.05. The van der Waals surface area contributed by atoms with Crippen LogP contribution in [0.25, 0.3) is 10.9 Å². The molecule has 0 atom stereocenters. The minimum atomic E-state index is -3.00. The number of carboxylic acid groups (broad SMARTS) is 1. The van der Waals surface area contributed by atoms with Crippen LogP contribution in [0.4, 0.5) is 8.78 Å². The summed E-state index contributed by atoms with van der Waals surface area (Å²) in [7, 11) is 0. The van der Waals surface area contributed by atoms with E-state index in [0.29, 0.717) is 10.9 Å². The van der Waals surface area contributed by atoms with Crippen molar-refractivity contribution in [3.05, 3.63) is 36.0 Å². The molecule has 0 amide bonds. The molecular weight excluding hydrogens is 220 g/mol. The molecule has 2 aromatic rings. The fraction of sp³-hybridized carbons (Fsp3) is 0.100. The summed E-state index contributed by atoms with van der Waals surface area (Å²) in [5.74, 6) is -1.19. The number of aromatic carboxylic acids is 1. The maximum atomic E-state index is 12.1. The van der Waals surface area contributed by atoms with Crippen molar-refractivity contribution < 1.29 is 23.5 Å². The Hall–Kier alpha value is -2.11. The second kappa shape index (κ2) is 3.80. The third kappa shape index (κ3) is 1.69. The van der Waals surface area contributed by atoms with Crippen LogP contribution in [0.1, 0.15) is 10.4 Å². The Morgan fingerprint density at radius 1 is 1.38 bits per heavy atom. The summed E-state index contributed by atoms with van der Waals surface area (Å²) in [6, 6.07) is 6.27. The number of aromatic nitrogens is 1. The smallest absolute Gasteiger partial charge is 0.405 e. The Balaban J connectivity index is 2.62. The Labute approximate surface area is 88.6 Å². The summed E-state index contributed by atoms with van der Waals surface area (Å²) in [5.41, 5.74) is 0.219. The van der Waals surface area contributed by atoms with Crippen LogP contribution in [-0.4, -0.2) is 22.4 Å². The van der Waals surface area contributed by atoms with Crippen molar-refractivity contribution in [1.29, 1.82) is 0 Å². The van der Waals surface area contributed by atoms with Crippen LogP contribution in [-0.2, 0) is 0 Å². The van der Waals surface area contributed by atoms with Gasteiger partial charge in [-0.15, -0.1) is 0 Å². The number of nitrogens with zero attached hydrogens (tertiary/aromatic N) is 1. The molecule has 0 fully saturated rings. The summed E-state index contributed by atoms with van der Waals surface area (Å²) < 4.78 is 24.9. The van der Waals surface area contributed by atoms with Crippen LogP contribution >= 0.6 is 0 Å². The topological polar surface area (TPSA) is 51.5 Å². The molecule has 4 nitrogen and oxygen atoms in total. The quantitative estimate of drug-likeness (QED) is 0.872. The molecule has 0 aliphatic heterocycles. The number of rotatable bonds is 3. The summed E-state index contributed by atoms with van der Waals surface area (Å²) in [4.78, 5) is 15.0. The monoisotopic (exact) mass is 227 g/mol. The lowest BCUT2D eigenvalue weighted by atomic mass is 10.2. The zero-order valence-electron chi connectivity index (χ0n) is 7.93. The van der Waals surface area contributed by atoms with Crippen molar-refractivity contribution >= 4 is 16.9 Å². The molecule has 0 aliphatic carbocycles. The van der Waals surface area contributed by atoms with Crippen LogP contribution in [0.15, 0.2) is 30.5 Å². The van der Waals surface area contributed by atoms with Crippen LogP contribution in [0.3, 0.4) is 0 Å². The standard InChI is InChI=1S/C10H7F2NO3/c11-10(12)16-13-5-7(9(14)15)6-3-1-2-4-8(6)13/h1-5,10H,(H,14,15). The number of benzene rings is 1. The molecule has 0 unspecified atom stereocenters. The maximum Gasteiger partial charge on any atom is 0.405 e. The number of alkyl halides is 2.